The second kappa shape index (κ2) is 4.79. The minimum atomic E-state index is 0. The zero-order chi connectivity index (χ0) is 8.23. The third-order valence-corrected chi connectivity index (χ3v) is 1.73. The van der Waals surface area contributed by atoms with E-state index in [1.807, 2.05) is 42.6 Å². The number of nitrogens with zero attached hydrogens (tertiary/aromatic N) is 1. The third kappa shape index (κ3) is 2.41. The molecule has 0 N–H and O–H groups in total. The van der Waals surface area contributed by atoms with Gasteiger partial charge in [0.2, 0.25) is 0 Å². The fourth-order valence-corrected chi connectivity index (χ4v) is 1.14. The van der Waals surface area contributed by atoms with E-state index in [1.165, 1.54) is 0 Å². The van der Waals surface area contributed by atoms with Gasteiger partial charge in [0.15, 0.2) is 0 Å². The van der Waals surface area contributed by atoms with Crippen LogP contribution in [0.25, 0.3) is 11.3 Å². The predicted molar refractivity (Wildman–Crippen MR) is 49.7 cm³/mol. The minimum absolute atomic E-state index is 0. The molecule has 0 aliphatic rings. The largest absolute Gasteiger partial charge is 0.256 e. The van der Waals surface area contributed by atoms with E-state index in [1.54, 1.807) is 0 Å². The van der Waals surface area contributed by atoms with E-state index in [4.69, 9.17) is 0 Å². The SMILES string of the molecule is [Co].c1ccc(-c2ccccn2)cc1. The molecule has 0 unspecified atom stereocenters. The van der Waals surface area contributed by atoms with Crippen molar-refractivity contribution in [1.82, 2.24) is 4.98 Å². The summed E-state index contributed by atoms with van der Waals surface area (Å²) in [6, 6.07) is 16.1. The number of aromatic nitrogens is 1. The predicted octanol–water partition coefficient (Wildman–Crippen LogP) is 2.75. The van der Waals surface area contributed by atoms with E-state index < -0.39 is 0 Å². The van der Waals surface area contributed by atoms with Crippen LogP contribution in [0.4, 0.5) is 0 Å². The average Bonchev–Trinajstić information content (AvgIpc) is 2.21. The standard InChI is InChI=1S/C11H9N.Co/c1-2-6-10(7-3-1)11-8-4-5-9-12-11;/h1-9H;. The number of rotatable bonds is 1. The fraction of sp³-hybridized carbons (Fsp3) is 0. The fourth-order valence-electron chi connectivity index (χ4n) is 1.14. The summed E-state index contributed by atoms with van der Waals surface area (Å²) in [6.45, 7) is 0. The number of hydrogen-bond acceptors (Lipinski definition) is 1. The zero-order valence-electron chi connectivity index (χ0n) is 6.98. The molecule has 1 nitrogen and oxygen atoms in total. The number of hydrogen-bond donors (Lipinski definition) is 0. The molecular weight excluding hydrogens is 205 g/mol. The average molecular weight is 214 g/mol. The van der Waals surface area contributed by atoms with Gasteiger partial charge < -0.3 is 0 Å². The summed E-state index contributed by atoms with van der Waals surface area (Å²) in [5, 5.41) is 0. The van der Waals surface area contributed by atoms with Gasteiger partial charge in [-0.1, -0.05) is 36.4 Å². The first-order valence-electron chi connectivity index (χ1n) is 3.93. The van der Waals surface area contributed by atoms with Crippen LogP contribution in [0, 0.1) is 0 Å². The van der Waals surface area contributed by atoms with Crippen LogP contribution in [0.2, 0.25) is 0 Å². The van der Waals surface area contributed by atoms with Crippen molar-refractivity contribution in [2.75, 3.05) is 0 Å². The summed E-state index contributed by atoms with van der Waals surface area (Å²) in [6.07, 6.45) is 1.81. The summed E-state index contributed by atoms with van der Waals surface area (Å²) in [4.78, 5) is 4.25. The Morgan fingerprint density at radius 3 is 2.08 bits per heavy atom. The molecule has 0 aliphatic carbocycles. The smallest absolute Gasteiger partial charge is 0.0701 e. The number of pyridine rings is 1. The van der Waals surface area contributed by atoms with E-state index >= 15 is 0 Å². The van der Waals surface area contributed by atoms with Gasteiger partial charge in [0.1, 0.15) is 0 Å². The molecule has 2 rings (SSSR count). The van der Waals surface area contributed by atoms with Crippen LogP contribution in [0.15, 0.2) is 54.7 Å². The maximum Gasteiger partial charge on any atom is 0.0701 e. The molecule has 1 aromatic carbocycles. The second-order valence-corrected chi connectivity index (χ2v) is 2.58. The van der Waals surface area contributed by atoms with Gasteiger partial charge in [0.05, 0.1) is 5.69 Å². The monoisotopic (exact) mass is 214 g/mol. The van der Waals surface area contributed by atoms with Gasteiger partial charge in [-0.2, -0.15) is 0 Å². The van der Waals surface area contributed by atoms with E-state index in [0.29, 0.717) is 0 Å². The van der Waals surface area contributed by atoms with E-state index in [9.17, 15) is 0 Å². The van der Waals surface area contributed by atoms with Crippen molar-refractivity contribution in [3.05, 3.63) is 54.7 Å². The molecule has 0 saturated heterocycles. The van der Waals surface area contributed by atoms with Crippen LogP contribution >= 0.6 is 0 Å². The van der Waals surface area contributed by atoms with Crippen molar-refractivity contribution >= 4 is 0 Å². The molecule has 0 saturated carbocycles. The van der Waals surface area contributed by atoms with Crippen LogP contribution in [0.5, 0.6) is 0 Å². The first-order chi connectivity index (χ1) is 5.97. The molecule has 67 valence electrons. The quantitative estimate of drug-likeness (QED) is 0.711. The molecule has 1 aromatic heterocycles. The van der Waals surface area contributed by atoms with Crippen molar-refractivity contribution in [2.24, 2.45) is 0 Å². The molecule has 0 amide bonds. The molecule has 2 aromatic rings. The molecule has 0 atom stereocenters. The molecular formula is C11H9CoN. The first-order valence-corrected chi connectivity index (χ1v) is 3.93. The maximum absolute atomic E-state index is 4.25. The molecule has 0 aliphatic heterocycles. The molecule has 0 fully saturated rings. The Bertz CT molecular complexity index is 307. The minimum Gasteiger partial charge on any atom is -0.256 e. The van der Waals surface area contributed by atoms with Gasteiger partial charge in [0.25, 0.3) is 0 Å². The van der Waals surface area contributed by atoms with E-state index in [0.717, 1.165) is 11.3 Å². The van der Waals surface area contributed by atoms with Gasteiger partial charge in [-0.25, -0.2) is 0 Å². The van der Waals surface area contributed by atoms with E-state index in [2.05, 4.69) is 17.1 Å². The van der Waals surface area contributed by atoms with Crippen molar-refractivity contribution in [2.45, 2.75) is 0 Å². The van der Waals surface area contributed by atoms with Gasteiger partial charge in [-0.05, 0) is 12.1 Å². The van der Waals surface area contributed by atoms with Crippen LogP contribution in [-0.2, 0) is 16.8 Å². The normalized spacial score (nSPS) is 8.92. The van der Waals surface area contributed by atoms with Crippen LogP contribution in [-0.4, -0.2) is 4.98 Å². The van der Waals surface area contributed by atoms with Crippen LogP contribution < -0.4 is 0 Å². The van der Waals surface area contributed by atoms with Crippen molar-refractivity contribution < 1.29 is 16.8 Å². The van der Waals surface area contributed by atoms with Crippen molar-refractivity contribution in [3.8, 4) is 11.3 Å². The molecule has 0 bridgehead atoms. The molecule has 1 radical (unpaired) electrons. The molecule has 1 heterocycles. The summed E-state index contributed by atoms with van der Waals surface area (Å²) in [5.74, 6) is 0. The van der Waals surface area contributed by atoms with Crippen LogP contribution in [0.1, 0.15) is 0 Å². The molecule has 0 spiro atoms. The van der Waals surface area contributed by atoms with Crippen molar-refractivity contribution in [3.63, 3.8) is 0 Å². The Balaban J connectivity index is 0.000000845. The van der Waals surface area contributed by atoms with Gasteiger partial charge in [-0.3, -0.25) is 4.98 Å². The van der Waals surface area contributed by atoms with Gasteiger partial charge >= 0.3 is 0 Å². The zero-order valence-corrected chi connectivity index (χ0v) is 8.02. The molecule has 13 heavy (non-hydrogen) atoms. The third-order valence-electron chi connectivity index (χ3n) is 1.73. The summed E-state index contributed by atoms with van der Waals surface area (Å²) in [7, 11) is 0. The van der Waals surface area contributed by atoms with Gasteiger partial charge in [0, 0.05) is 28.5 Å². The van der Waals surface area contributed by atoms with Crippen molar-refractivity contribution in [1.29, 1.82) is 0 Å². The number of benzene rings is 1. The Kier molecular flexibility index (Phi) is 3.67. The van der Waals surface area contributed by atoms with E-state index in [-0.39, 0.29) is 16.8 Å². The Morgan fingerprint density at radius 2 is 1.46 bits per heavy atom. The maximum atomic E-state index is 4.25. The molecule has 2 heteroatoms. The van der Waals surface area contributed by atoms with Gasteiger partial charge in [-0.15, -0.1) is 0 Å². The Hall–Kier alpha value is -1.12. The summed E-state index contributed by atoms with van der Waals surface area (Å²) < 4.78 is 0. The Morgan fingerprint density at radius 1 is 0.769 bits per heavy atom. The summed E-state index contributed by atoms with van der Waals surface area (Å²) >= 11 is 0. The second-order valence-electron chi connectivity index (χ2n) is 2.58. The van der Waals surface area contributed by atoms with Crippen LogP contribution in [0.3, 0.4) is 0 Å². The topological polar surface area (TPSA) is 12.9 Å². The summed E-state index contributed by atoms with van der Waals surface area (Å²) in [5.41, 5.74) is 2.19. The Labute approximate surface area is 88.0 Å². The first kappa shape index (κ1) is 9.96.